The Labute approximate surface area is 92.8 Å². The number of aliphatic hydroxyl groups is 1. The van der Waals surface area contributed by atoms with Crippen LogP contribution in [0, 0.1) is 0 Å². The average Bonchev–Trinajstić information content (AvgIpc) is 2.75. The van der Waals surface area contributed by atoms with E-state index in [0.717, 1.165) is 19.4 Å². The van der Waals surface area contributed by atoms with Gasteiger partial charge in [0.05, 0.1) is 12.7 Å². The van der Waals surface area contributed by atoms with Crippen LogP contribution in [0.15, 0.2) is 0 Å². The largest absolute Gasteiger partial charge is 0.396 e. The van der Waals surface area contributed by atoms with Crippen molar-refractivity contribution in [1.29, 1.82) is 0 Å². The minimum absolute atomic E-state index is 0.346. The van der Waals surface area contributed by atoms with E-state index in [1.165, 1.54) is 38.5 Å². The van der Waals surface area contributed by atoms with Gasteiger partial charge >= 0.3 is 0 Å². The Morgan fingerprint density at radius 1 is 0.933 bits per heavy atom. The van der Waals surface area contributed by atoms with Crippen LogP contribution in [0.25, 0.3) is 0 Å². The summed E-state index contributed by atoms with van der Waals surface area (Å²) in [5, 5.41) is 8.60. The monoisotopic (exact) mass is 216 g/mol. The molecule has 1 heterocycles. The zero-order valence-corrected chi connectivity index (χ0v) is 9.62. The summed E-state index contributed by atoms with van der Waals surface area (Å²) in [4.78, 5) is 0. The minimum atomic E-state index is 0.346. The van der Waals surface area contributed by atoms with Crippen molar-refractivity contribution in [3.63, 3.8) is 0 Å². The summed E-state index contributed by atoms with van der Waals surface area (Å²) in [6.07, 6.45) is 10.1. The van der Waals surface area contributed by atoms with E-state index in [0.29, 0.717) is 19.5 Å². The summed E-state index contributed by atoms with van der Waals surface area (Å²) < 4.78 is 10.5. The fourth-order valence-electron chi connectivity index (χ4n) is 1.91. The molecular weight excluding hydrogens is 192 g/mol. The Kier molecular flexibility index (Phi) is 7.88. The van der Waals surface area contributed by atoms with Gasteiger partial charge in [0.25, 0.3) is 0 Å². The van der Waals surface area contributed by atoms with Crippen LogP contribution in [-0.4, -0.2) is 31.2 Å². The Hall–Kier alpha value is -0.120. The van der Waals surface area contributed by atoms with E-state index in [-0.39, 0.29) is 0 Å². The third-order valence-corrected chi connectivity index (χ3v) is 2.88. The van der Waals surface area contributed by atoms with Gasteiger partial charge in [0.15, 0.2) is 0 Å². The molecule has 0 saturated carbocycles. The summed E-state index contributed by atoms with van der Waals surface area (Å²) in [5.41, 5.74) is 0. The molecule has 1 fully saturated rings. The van der Waals surface area contributed by atoms with Crippen LogP contribution in [0.2, 0.25) is 0 Å². The van der Waals surface area contributed by atoms with Gasteiger partial charge in [-0.25, -0.2) is 0 Å². The zero-order valence-electron chi connectivity index (χ0n) is 9.62. The molecule has 1 N–H and O–H groups in total. The average molecular weight is 216 g/mol. The zero-order chi connectivity index (χ0) is 10.8. The third kappa shape index (κ3) is 6.88. The SMILES string of the molecule is OCCCCCCCCCC1COCO1. The third-order valence-electron chi connectivity index (χ3n) is 2.88. The second-order valence-electron chi connectivity index (χ2n) is 4.26. The number of ether oxygens (including phenoxy) is 2. The lowest BCUT2D eigenvalue weighted by atomic mass is 10.1. The first-order valence-electron chi connectivity index (χ1n) is 6.23. The molecule has 0 radical (unpaired) electrons. The minimum Gasteiger partial charge on any atom is -0.396 e. The molecule has 0 aromatic carbocycles. The highest BCUT2D eigenvalue weighted by Gasteiger charge is 2.14. The molecule has 1 aliphatic heterocycles. The van der Waals surface area contributed by atoms with Crippen molar-refractivity contribution in [2.75, 3.05) is 20.0 Å². The van der Waals surface area contributed by atoms with E-state index in [1.807, 2.05) is 0 Å². The van der Waals surface area contributed by atoms with Crippen molar-refractivity contribution in [1.82, 2.24) is 0 Å². The van der Waals surface area contributed by atoms with Gasteiger partial charge < -0.3 is 14.6 Å². The standard InChI is InChI=1S/C12H24O3/c13-9-7-5-3-1-2-4-6-8-12-10-14-11-15-12/h12-13H,1-11H2. The van der Waals surface area contributed by atoms with Crippen molar-refractivity contribution in [3.8, 4) is 0 Å². The Morgan fingerprint density at radius 3 is 2.20 bits per heavy atom. The molecule has 0 spiro atoms. The first-order valence-corrected chi connectivity index (χ1v) is 6.23. The second-order valence-corrected chi connectivity index (χ2v) is 4.26. The van der Waals surface area contributed by atoms with E-state index in [9.17, 15) is 0 Å². The number of hydrogen-bond acceptors (Lipinski definition) is 3. The van der Waals surface area contributed by atoms with Gasteiger partial charge in [-0.2, -0.15) is 0 Å². The first kappa shape index (κ1) is 12.9. The highest BCUT2D eigenvalue weighted by molar-refractivity contribution is 4.60. The van der Waals surface area contributed by atoms with Gasteiger partial charge in [0, 0.05) is 6.61 Å². The first-order chi connectivity index (χ1) is 7.43. The Bertz CT molecular complexity index is 133. The van der Waals surface area contributed by atoms with Gasteiger partial charge in [-0.1, -0.05) is 38.5 Å². The predicted octanol–water partition coefficient (Wildman–Crippen LogP) is 2.47. The van der Waals surface area contributed by atoms with Crippen molar-refractivity contribution in [2.45, 2.75) is 57.5 Å². The fraction of sp³-hybridized carbons (Fsp3) is 1.00. The maximum absolute atomic E-state index is 8.60. The quantitative estimate of drug-likeness (QED) is 0.602. The second kappa shape index (κ2) is 9.13. The van der Waals surface area contributed by atoms with Crippen molar-refractivity contribution in [3.05, 3.63) is 0 Å². The number of rotatable bonds is 9. The number of aliphatic hydroxyl groups excluding tert-OH is 1. The topological polar surface area (TPSA) is 38.7 Å². The van der Waals surface area contributed by atoms with Gasteiger partial charge in [-0.15, -0.1) is 0 Å². The molecule has 1 unspecified atom stereocenters. The molecule has 0 amide bonds. The molecule has 0 aromatic rings. The van der Waals surface area contributed by atoms with Gasteiger partial charge in [-0.05, 0) is 12.8 Å². The van der Waals surface area contributed by atoms with Gasteiger partial charge in [0.1, 0.15) is 6.79 Å². The molecule has 90 valence electrons. The molecular formula is C12H24O3. The lowest BCUT2D eigenvalue weighted by Gasteiger charge is -2.06. The van der Waals surface area contributed by atoms with Crippen molar-refractivity contribution in [2.24, 2.45) is 0 Å². The van der Waals surface area contributed by atoms with Gasteiger partial charge in [-0.3, -0.25) is 0 Å². The van der Waals surface area contributed by atoms with Gasteiger partial charge in [0.2, 0.25) is 0 Å². The summed E-state index contributed by atoms with van der Waals surface area (Å²) in [7, 11) is 0. The van der Waals surface area contributed by atoms with Crippen molar-refractivity contribution < 1.29 is 14.6 Å². The van der Waals surface area contributed by atoms with Crippen molar-refractivity contribution >= 4 is 0 Å². The van der Waals surface area contributed by atoms with Crippen LogP contribution in [0.4, 0.5) is 0 Å². The maximum Gasteiger partial charge on any atom is 0.147 e. The van der Waals surface area contributed by atoms with E-state index in [4.69, 9.17) is 14.6 Å². The summed E-state index contributed by atoms with van der Waals surface area (Å²) in [6.45, 7) is 1.63. The molecule has 1 aliphatic rings. The molecule has 1 atom stereocenters. The molecule has 1 rings (SSSR count). The van der Waals surface area contributed by atoms with Crippen LogP contribution in [0.3, 0.4) is 0 Å². The van der Waals surface area contributed by atoms with Crippen LogP contribution in [0.1, 0.15) is 51.4 Å². The summed E-state index contributed by atoms with van der Waals surface area (Å²) >= 11 is 0. The summed E-state index contributed by atoms with van der Waals surface area (Å²) in [6, 6.07) is 0. The van der Waals surface area contributed by atoms with E-state index in [1.54, 1.807) is 0 Å². The highest BCUT2D eigenvalue weighted by Crippen LogP contribution is 2.13. The molecule has 1 saturated heterocycles. The lowest BCUT2D eigenvalue weighted by Crippen LogP contribution is -2.08. The Balaban J connectivity index is 1.73. The summed E-state index contributed by atoms with van der Waals surface area (Å²) in [5.74, 6) is 0. The van der Waals surface area contributed by atoms with E-state index < -0.39 is 0 Å². The smallest absolute Gasteiger partial charge is 0.147 e. The predicted molar refractivity (Wildman–Crippen MR) is 59.7 cm³/mol. The van der Waals surface area contributed by atoms with Crippen LogP contribution in [0.5, 0.6) is 0 Å². The Morgan fingerprint density at radius 2 is 1.60 bits per heavy atom. The fourth-order valence-corrected chi connectivity index (χ4v) is 1.91. The lowest BCUT2D eigenvalue weighted by molar-refractivity contribution is 0.0440. The highest BCUT2D eigenvalue weighted by atomic mass is 16.7. The number of unbranched alkanes of at least 4 members (excludes halogenated alkanes) is 6. The normalized spacial score (nSPS) is 21.0. The van der Waals surface area contributed by atoms with E-state index >= 15 is 0 Å². The van der Waals surface area contributed by atoms with Crippen LogP contribution in [-0.2, 0) is 9.47 Å². The number of hydrogen-bond donors (Lipinski definition) is 1. The van der Waals surface area contributed by atoms with E-state index in [2.05, 4.69) is 0 Å². The maximum atomic E-state index is 8.60. The van der Waals surface area contributed by atoms with Crippen LogP contribution >= 0.6 is 0 Å². The molecule has 3 nitrogen and oxygen atoms in total. The molecule has 3 heteroatoms. The molecule has 0 aromatic heterocycles. The molecule has 0 bridgehead atoms. The molecule has 15 heavy (non-hydrogen) atoms. The molecule has 0 aliphatic carbocycles. The van der Waals surface area contributed by atoms with Crippen LogP contribution < -0.4 is 0 Å².